The standard InChI is InChI=1S/C16H37N3/c1-7-19(13-8-12-18(5)6)14-11-17-16(4)10-9-15(2)3/h15-17H,7-14H2,1-6H3. The SMILES string of the molecule is CCN(CCCN(C)C)CCNC(C)CCC(C)C. The van der Waals surface area contributed by atoms with Gasteiger partial charge in [0.15, 0.2) is 0 Å². The third-order valence-electron chi connectivity index (χ3n) is 3.62. The van der Waals surface area contributed by atoms with Gasteiger partial charge in [0, 0.05) is 19.1 Å². The molecule has 3 nitrogen and oxygen atoms in total. The topological polar surface area (TPSA) is 18.5 Å². The van der Waals surface area contributed by atoms with Crippen molar-refractivity contribution in [2.24, 2.45) is 5.92 Å². The van der Waals surface area contributed by atoms with Crippen LogP contribution in [0.15, 0.2) is 0 Å². The van der Waals surface area contributed by atoms with E-state index in [0.29, 0.717) is 6.04 Å². The molecule has 0 saturated heterocycles. The molecule has 0 radical (unpaired) electrons. The van der Waals surface area contributed by atoms with Gasteiger partial charge in [-0.05, 0) is 65.8 Å². The van der Waals surface area contributed by atoms with Gasteiger partial charge in [0.2, 0.25) is 0 Å². The van der Waals surface area contributed by atoms with Crippen LogP contribution in [0.3, 0.4) is 0 Å². The van der Waals surface area contributed by atoms with Gasteiger partial charge in [-0.1, -0.05) is 20.8 Å². The van der Waals surface area contributed by atoms with Crippen molar-refractivity contribution in [3.05, 3.63) is 0 Å². The van der Waals surface area contributed by atoms with E-state index in [1.54, 1.807) is 0 Å². The number of rotatable bonds is 12. The molecule has 1 unspecified atom stereocenters. The van der Waals surface area contributed by atoms with E-state index in [1.165, 1.54) is 38.9 Å². The van der Waals surface area contributed by atoms with Crippen LogP contribution in [0.25, 0.3) is 0 Å². The smallest absolute Gasteiger partial charge is 0.0107 e. The van der Waals surface area contributed by atoms with E-state index in [1.807, 2.05) is 0 Å². The molecular weight excluding hydrogens is 234 g/mol. The molecule has 0 amide bonds. The van der Waals surface area contributed by atoms with Crippen molar-refractivity contribution < 1.29 is 0 Å². The van der Waals surface area contributed by atoms with Crippen molar-refractivity contribution in [1.29, 1.82) is 0 Å². The molecule has 0 saturated carbocycles. The quantitative estimate of drug-likeness (QED) is 0.589. The summed E-state index contributed by atoms with van der Waals surface area (Å²) in [7, 11) is 4.29. The van der Waals surface area contributed by atoms with E-state index in [2.05, 4.69) is 56.9 Å². The lowest BCUT2D eigenvalue weighted by atomic mass is 10.0. The summed E-state index contributed by atoms with van der Waals surface area (Å²) >= 11 is 0. The van der Waals surface area contributed by atoms with Crippen molar-refractivity contribution in [3.8, 4) is 0 Å². The molecule has 0 aromatic heterocycles. The Labute approximate surface area is 121 Å². The highest BCUT2D eigenvalue weighted by Crippen LogP contribution is 2.06. The number of nitrogens with zero attached hydrogens (tertiary/aromatic N) is 2. The summed E-state index contributed by atoms with van der Waals surface area (Å²) in [5.41, 5.74) is 0. The summed E-state index contributed by atoms with van der Waals surface area (Å²) in [5.74, 6) is 0.822. The molecule has 0 bridgehead atoms. The molecule has 0 aromatic rings. The number of nitrogens with one attached hydrogen (secondary N) is 1. The minimum Gasteiger partial charge on any atom is -0.313 e. The van der Waals surface area contributed by atoms with Crippen LogP contribution >= 0.6 is 0 Å². The predicted octanol–water partition coefficient (Wildman–Crippen LogP) is 2.67. The van der Waals surface area contributed by atoms with Gasteiger partial charge in [-0.15, -0.1) is 0 Å². The molecule has 0 fully saturated rings. The highest BCUT2D eigenvalue weighted by atomic mass is 15.1. The molecule has 19 heavy (non-hydrogen) atoms. The van der Waals surface area contributed by atoms with Crippen molar-refractivity contribution >= 4 is 0 Å². The molecule has 0 aliphatic heterocycles. The van der Waals surface area contributed by atoms with Crippen molar-refractivity contribution in [2.45, 2.75) is 53.0 Å². The molecule has 1 atom stereocenters. The Bertz CT molecular complexity index is 192. The van der Waals surface area contributed by atoms with Gasteiger partial charge in [0.25, 0.3) is 0 Å². The van der Waals surface area contributed by atoms with E-state index in [9.17, 15) is 0 Å². The molecule has 0 aliphatic rings. The maximum atomic E-state index is 3.65. The van der Waals surface area contributed by atoms with Gasteiger partial charge in [0.1, 0.15) is 0 Å². The van der Waals surface area contributed by atoms with Crippen LogP contribution < -0.4 is 5.32 Å². The monoisotopic (exact) mass is 271 g/mol. The van der Waals surface area contributed by atoms with Crippen molar-refractivity contribution in [2.75, 3.05) is 46.8 Å². The van der Waals surface area contributed by atoms with Gasteiger partial charge < -0.3 is 15.1 Å². The summed E-state index contributed by atoms with van der Waals surface area (Å²) in [5, 5.41) is 3.65. The summed E-state index contributed by atoms with van der Waals surface area (Å²) in [6, 6.07) is 0.655. The number of hydrogen-bond donors (Lipinski definition) is 1. The molecule has 0 heterocycles. The molecule has 116 valence electrons. The zero-order valence-corrected chi connectivity index (χ0v) is 14.2. The second-order valence-corrected chi connectivity index (χ2v) is 6.42. The molecule has 3 heteroatoms. The van der Waals surface area contributed by atoms with Crippen LogP contribution in [0.5, 0.6) is 0 Å². The lowest BCUT2D eigenvalue weighted by Gasteiger charge is -2.23. The largest absolute Gasteiger partial charge is 0.313 e. The summed E-state index contributed by atoms with van der Waals surface area (Å²) in [6.07, 6.45) is 3.89. The maximum Gasteiger partial charge on any atom is 0.0107 e. The molecule has 0 aliphatic carbocycles. The van der Waals surface area contributed by atoms with Crippen molar-refractivity contribution in [3.63, 3.8) is 0 Å². The molecule has 0 spiro atoms. The van der Waals surface area contributed by atoms with Gasteiger partial charge in [0.05, 0.1) is 0 Å². The zero-order chi connectivity index (χ0) is 14.7. The molecule has 1 N–H and O–H groups in total. The predicted molar refractivity (Wildman–Crippen MR) is 86.8 cm³/mol. The Morgan fingerprint density at radius 1 is 0.947 bits per heavy atom. The molecule has 0 aromatic carbocycles. The summed E-state index contributed by atoms with van der Waals surface area (Å²) < 4.78 is 0. The zero-order valence-electron chi connectivity index (χ0n) is 14.2. The Balaban J connectivity index is 3.59. The number of likely N-dealkylation sites (N-methyl/N-ethyl adjacent to an activating group) is 1. The third-order valence-corrected chi connectivity index (χ3v) is 3.62. The van der Waals surface area contributed by atoms with E-state index in [0.717, 1.165) is 19.0 Å². The maximum absolute atomic E-state index is 3.65. The Hall–Kier alpha value is -0.120. The molecular formula is C16H37N3. The average molecular weight is 271 g/mol. The second kappa shape index (κ2) is 11.7. The fraction of sp³-hybridized carbons (Fsp3) is 1.00. The van der Waals surface area contributed by atoms with E-state index < -0.39 is 0 Å². The van der Waals surface area contributed by atoms with Crippen LogP contribution in [0.2, 0.25) is 0 Å². The van der Waals surface area contributed by atoms with E-state index in [4.69, 9.17) is 0 Å². The third kappa shape index (κ3) is 12.6. The van der Waals surface area contributed by atoms with Crippen LogP contribution in [0.4, 0.5) is 0 Å². The average Bonchev–Trinajstić information content (AvgIpc) is 2.34. The van der Waals surface area contributed by atoms with E-state index in [-0.39, 0.29) is 0 Å². The van der Waals surface area contributed by atoms with Gasteiger partial charge in [-0.25, -0.2) is 0 Å². The highest BCUT2D eigenvalue weighted by molar-refractivity contribution is 4.65. The minimum absolute atomic E-state index is 0.655. The Kier molecular flexibility index (Phi) is 11.6. The number of hydrogen-bond acceptors (Lipinski definition) is 3. The fourth-order valence-electron chi connectivity index (χ4n) is 2.19. The second-order valence-electron chi connectivity index (χ2n) is 6.42. The van der Waals surface area contributed by atoms with Crippen LogP contribution in [0.1, 0.15) is 47.0 Å². The summed E-state index contributed by atoms with van der Waals surface area (Å²) in [4.78, 5) is 4.81. The van der Waals surface area contributed by atoms with Gasteiger partial charge in [-0.3, -0.25) is 0 Å². The normalized spacial score (nSPS) is 13.7. The van der Waals surface area contributed by atoms with Gasteiger partial charge in [-0.2, -0.15) is 0 Å². The first-order valence-corrected chi connectivity index (χ1v) is 8.06. The minimum atomic E-state index is 0.655. The lowest BCUT2D eigenvalue weighted by Crippen LogP contribution is -2.37. The van der Waals surface area contributed by atoms with E-state index >= 15 is 0 Å². The van der Waals surface area contributed by atoms with Crippen LogP contribution in [-0.2, 0) is 0 Å². The first-order valence-electron chi connectivity index (χ1n) is 8.06. The molecule has 0 rings (SSSR count). The first-order chi connectivity index (χ1) is 8.95. The van der Waals surface area contributed by atoms with Crippen LogP contribution in [0, 0.1) is 5.92 Å². The van der Waals surface area contributed by atoms with Crippen molar-refractivity contribution in [1.82, 2.24) is 15.1 Å². The summed E-state index contributed by atoms with van der Waals surface area (Å²) in [6.45, 7) is 15.0. The van der Waals surface area contributed by atoms with Crippen LogP contribution in [-0.4, -0.2) is 62.7 Å². The highest BCUT2D eigenvalue weighted by Gasteiger charge is 2.05. The fourth-order valence-corrected chi connectivity index (χ4v) is 2.19. The van der Waals surface area contributed by atoms with Gasteiger partial charge >= 0.3 is 0 Å². The first kappa shape index (κ1) is 18.9. The Morgan fingerprint density at radius 2 is 1.63 bits per heavy atom. The lowest BCUT2D eigenvalue weighted by molar-refractivity contribution is 0.261. The Morgan fingerprint density at radius 3 is 2.16 bits per heavy atom.